The summed E-state index contributed by atoms with van der Waals surface area (Å²) in [6, 6.07) is 10.8. The maximum Gasteiger partial charge on any atom is 0.305 e. The molecule has 2 fully saturated rings. The quantitative estimate of drug-likeness (QED) is 0.314. The molecule has 3 aliphatic rings. The Kier molecular flexibility index (Phi) is 8.47. The van der Waals surface area contributed by atoms with Crippen LogP contribution in [-0.2, 0) is 41.6 Å². The van der Waals surface area contributed by atoms with Crippen molar-refractivity contribution in [1.29, 1.82) is 0 Å². The van der Waals surface area contributed by atoms with E-state index >= 15 is 0 Å². The van der Waals surface area contributed by atoms with E-state index in [9.17, 15) is 39.0 Å². The predicted molar refractivity (Wildman–Crippen MR) is 168 cm³/mol. The molecule has 2 aromatic carbocycles. The first-order valence-electron chi connectivity index (χ1n) is 16.0. The van der Waals surface area contributed by atoms with Crippen molar-refractivity contribution >= 4 is 34.9 Å². The Morgan fingerprint density at radius 3 is 2.24 bits per heavy atom. The van der Waals surface area contributed by atoms with Crippen LogP contribution < -0.4 is 0 Å². The molecule has 3 unspecified atom stereocenters. The van der Waals surface area contributed by atoms with Gasteiger partial charge < -0.3 is 14.9 Å². The monoisotopic (exact) mass is 630 g/mol. The topological polar surface area (TPSA) is 152 Å². The Bertz CT molecular complexity index is 1650. The number of aromatic hydroxyl groups is 1. The van der Waals surface area contributed by atoms with Crippen molar-refractivity contribution in [1.82, 2.24) is 0 Å². The fourth-order valence-corrected chi connectivity index (χ4v) is 8.93. The van der Waals surface area contributed by atoms with E-state index in [1.54, 1.807) is 40.7 Å². The number of benzene rings is 2. The van der Waals surface area contributed by atoms with E-state index in [0.29, 0.717) is 37.0 Å². The number of carbonyl (C=O) groups excluding carboxylic acids is 6. The Hall–Kier alpha value is -3.98. The average Bonchev–Trinajstić information content (AvgIpc) is 2.95. The minimum absolute atomic E-state index is 0.00244. The van der Waals surface area contributed by atoms with Crippen molar-refractivity contribution in [2.75, 3.05) is 6.61 Å². The molecule has 244 valence electrons. The Labute approximate surface area is 268 Å². The lowest BCUT2D eigenvalue weighted by Gasteiger charge is -2.61. The first-order chi connectivity index (χ1) is 21.5. The molecule has 0 aliphatic heterocycles. The first-order valence-corrected chi connectivity index (χ1v) is 16.0. The maximum absolute atomic E-state index is 14.4. The summed E-state index contributed by atoms with van der Waals surface area (Å²) in [6.07, 6.45) is 1.80. The molecular formula is C37H42O9. The molecule has 0 spiro atoms. The average molecular weight is 631 g/mol. The number of phenolic OH excluding ortho intramolecular Hbond substituents is 1. The van der Waals surface area contributed by atoms with Crippen LogP contribution in [0.2, 0.25) is 0 Å². The van der Waals surface area contributed by atoms with Crippen LogP contribution in [0.25, 0.3) is 11.1 Å². The number of hydrogen-bond acceptors (Lipinski definition) is 9. The van der Waals surface area contributed by atoms with Gasteiger partial charge in [-0.1, -0.05) is 58.0 Å². The predicted octanol–water partition coefficient (Wildman–Crippen LogP) is 4.65. The summed E-state index contributed by atoms with van der Waals surface area (Å²) in [6.45, 7) is 10.1. The molecule has 2 N–H and O–H groups in total. The van der Waals surface area contributed by atoms with E-state index in [1.807, 2.05) is 24.3 Å². The van der Waals surface area contributed by atoms with E-state index in [-0.39, 0.29) is 30.1 Å². The highest BCUT2D eigenvalue weighted by atomic mass is 16.5. The number of ketones is 5. The molecule has 9 heteroatoms. The van der Waals surface area contributed by atoms with Crippen molar-refractivity contribution in [2.24, 2.45) is 34.5 Å². The van der Waals surface area contributed by atoms with Crippen molar-refractivity contribution in [3.63, 3.8) is 0 Å². The van der Waals surface area contributed by atoms with Crippen molar-refractivity contribution in [2.45, 2.75) is 79.2 Å². The summed E-state index contributed by atoms with van der Waals surface area (Å²) in [5, 5.41) is 23.1. The van der Waals surface area contributed by atoms with Gasteiger partial charge in [-0.15, -0.1) is 0 Å². The van der Waals surface area contributed by atoms with Gasteiger partial charge in [0, 0.05) is 17.8 Å². The molecule has 0 radical (unpaired) electrons. The molecule has 0 bridgehead atoms. The minimum atomic E-state index is -2.72. The standard InChI is InChI=1S/C37H42O9/c1-7-46-26(40)10-8-9-21-11-13-22(14-12-21)23-15-16-25(39)28-24(23)17-35(5)18-36(6)29(19(2)3)31(41)27(20(4)38)33(43)37(36,45)34(44)30(35)32(28)42/h11-16,19,27,29-30,39,45H,7-10,17-18H2,1-6H3/t27?,29?,30?,35-,36-,37+/m1/s1. The molecular weight excluding hydrogens is 588 g/mol. The molecule has 6 atom stereocenters. The highest BCUT2D eigenvalue weighted by Gasteiger charge is 2.76. The van der Waals surface area contributed by atoms with Gasteiger partial charge in [0.25, 0.3) is 0 Å². The lowest BCUT2D eigenvalue weighted by Crippen LogP contribution is -2.76. The minimum Gasteiger partial charge on any atom is -0.507 e. The van der Waals surface area contributed by atoms with E-state index in [4.69, 9.17) is 4.74 Å². The number of aryl methyl sites for hydroxylation is 1. The summed E-state index contributed by atoms with van der Waals surface area (Å²) < 4.78 is 4.99. The van der Waals surface area contributed by atoms with Gasteiger partial charge in [0.2, 0.25) is 0 Å². The van der Waals surface area contributed by atoms with Crippen LogP contribution in [0, 0.1) is 34.5 Å². The van der Waals surface area contributed by atoms with Crippen molar-refractivity contribution in [3.8, 4) is 16.9 Å². The molecule has 0 saturated heterocycles. The molecule has 0 aromatic heterocycles. The van der Waals surface area contributed by atoms with E-state index in [1.165, 1.54) is 6.07 Å². The number of hydrogen-bond donors (Lipinski definition) is 2. The number of rotatable bonds is 8. The van der Waals surface area contributed by atoms with Gasteiger partial charge in [-0.2, -0.15) is 0 Å². The number of esters is 1. The smallest absolute Gasteiger partial charge is 0.305 e. The van der Waals surface area contributed by atoms with Gasteiger partial charge in [0.05, 0.1) is 18.1 Å². The van der Waals surface area contributed by atoms with Gasteiger partial charge in [-0.3, -0.25) is 28.8 Å². The van der Waals surface area contributed by atoms with E-state index in [2.05, 4.69) is 0 Å². The van der Waals surface area contributed by atoms with E-state index < -0.39 is 69.0 Å². The summed E-state index contributed by atoms with van der Waals surface area (Å²) in [5.41, 5.74) is -2.36. The zero-order valence-corrected chi connectivity index (χ0v) is 27.3. The molecule has 5 rings (SSSR count). The zero-order chi connectivity index (χ0) is 33.9. The third kappa shape index (κ3) is 4.86. The largest absolute Gasteiger partial charge is 0.507 e. The second kappa shape index (κ2) is 11.7. The summed E-state index contributed by atoms with van der Waals surface area (Å²) >= 11 is 0. The number of aliphatic hydroxyl groups is 1. The third-order valence-electron chi connectivity index (χ3n) is 10.7. The SMILES string of the molecule is CCOC(=O)CCCc1ccc(-c2ccc(O)c3c2C[C@]2(C)C[C@]4(C)C(C(C)C)C(=O)C(C(C)=O)C(=O)[C@]4(O)C(=O)C2C3=O)cc1. The second-order valence-electron chi connectivity index (χ2n) is 14.2. The number of carbonyl (C=O) groups is 6. The molecule has 2 saturated carbocycles. The molecule has 9 nitrogen and oxygen atoms in total. The van der Waals surface area contributed by atoms with Crippen LogP contribution >= 0.6 is 0 Å². The number of Topliss-reactive ketones (excluding diaryl/α,β-unsaturated/α-hetero) is 5. The van der Waals surface area contributed by atoms with Crippen LogP contribution in [0.1, 0.15) is 82.3 Å². The van der Waals surface area contributed by atoms with Crippen molar-refractivity contribution < 1.29 is 43.7 Å². The lowest BCUT2D eigenvalue weighted by molar-refractivity contribution is -0.205. The molecule has 0 amide bonds. The Balaban J connectivity index is 1.56. The van der Waals surface area contributed by atoms with Crippen molar-refractivity contribution in [3.05, 3.63) is 53.1 Å². The van der Waals surface area contributed by atoms with Gasteiger partial charge in [0.1, 0.15) is 17.5 Å². The van der Waals surface area contributed by atoms with Crippen LogP contribution in [0.3, 0.4) is 0 Å². The Morgan fingerprint density at radius 2 is 1.65 bits per heavy atom. The normalized spacial score (nSPS) is 30.5. The van der Waals surface area contributed by atoms with Gasteiger partial charge >= 0.3 is 5.97 Å². The van der Waals surface area contributed by atoms with Crippen LogP contribution in [0.5, 0.6) is 5.75 Å². The third-order valence-corrected chi connectivity index (χ3v) is 10.7. The van der Waals surface area contributed by atoms with Crippen LogP contribution in [0.15, 0.2) is 36.4 Å². The molecule has 3 aliphatic carbocycles. The summed E-state index contributed by atoms with van der Waals surface area (Å²) in [5.74, 6) is -9.37. The van der Waals surface area contributed by atoms with Crippen LogP contribution in [0.4, 0.5) is 0 Å². The van der Waals surface area contributed by atoms with Gasteiger partial charge in [0.15, 0.2) is 28.7 Å². The molecule has 2 aromatic rings. The molecule has 46 heavy (non-hydrogen) atoms. The highest BCUT2D eigenvalue weighted by Crippen LogP contribution is 2.64. The zero-order valence-electron chi connectivity index (χ0n) is 27.3. The first kappa shape index (κ1) is 33.4. The second-order valence-corrected chi connectivity index (χ2v) is 14.2. The number of ether oxygens (including phenoxy) is 1. The fourth-order valence-electron chi connectivity index (χ4n) is 8.93. The van der Waals surface area contributed by atoms with Gasteiger partial charge in [-0.05, 0) is 79.2 Å². The number of fused-ring (bicyclic) bond motifs is 3. The maximum atomic E-state index is 14.4. The van der Waals surface area contributed by atoms with E-state index in [0.717, 1.165) is 18.1 Å². The summed E-state index contributed by atoms with van der Waals surface area (Å²) in [7, 11) is 0. The summed E-state index contributed by atoms with van der Waals surface area (Å²) in [4.78, 5) is 80.5. The lowest BCUT2D eigenvalue weighted by atomic mass is 9.40. The molecule has 0 heterocycles. The Morgan fingerprint density at radius 1 is 1.00 bits per heavy atom. The van der Waals surface area contributed by atoms with Gasteiger partial charge in [-0.25, -0.2) is 0 Å². The van der Waals surface area contributed by atoms with Crippen LogP contribution in [-0.4, -0.2) is 57.3 Å². The highest BCUT2D eigenvalue weighted by molar-refractivity contribution is 6.32. The number of phenols is 1. The fraction of sp³-hybridized carbons (Fsp3) is 0.514.